The Morgan fingerprint density at radius 1 is 0.850 bits per heavy atom. The Bertz CT molecular complexity index is 994. The zero-order chi connectivity index (χ0) is 30.5. The van der Waals surface area contributed by atoms with E-state index in [1.54, 1.807) is 34.6 Å². The SMILES string of the molecule is CC[C@@H](C)[C@@H](NC(=O)[C@H](CCC(=O)OCc1ccccc1)NC(=O)OC(C)(C)C)C(=O)N[C@H](C(N)=O)[C@@H](C)CC. The van der Waals surface area contributed by atoms with E-state index in [0.717, 1.165) is 5.56 Å². The maximum atomic E-state index is 13.4. The lowest BCUT2D eigenvalue weighted by Gasteiger charge is -2.29. The molecule has 40 heavy (non-hydrogen) atoms. The molecule has 0 saturated carbocycles. The molecule has 0 spiro atoms. The van der Waals surface area contributed by atoms with Gasteiger partial charge in [-0.15, -0.1) is 0 Å². The Balaban J connectivity index is 3.03. The van der Waals surface area contributed by atoms with Gasteiger partial charge in [0.15, 0.2) is 0 Å². The van der Waals surface area contributed by atoms with Crippen molar-refractivity contribution in [2.45, 2.75) is 104 Å². The molecule has 4 amide bonds. The molecule has 11 heteroatoms. The molecule has 0 unspecified atom stereocenters. The topological polar surface area (TPSA) is 166 Å². The fourth-order valence-electron chi connectivity index (χ4n) is 3.72. The van der Waals surface area contributed by atoms with Crippen LogP contribution in [0.4, 0.5) is 4.79 Å². The number of nitrogens with two attached hydrogens (primary N) is 1. The van der Waals surface area contributed by atoms with Gasteiger partial charge in [0.2, 0.25) is 17.7 Å². The van der Waals surface area contributed by atoms with Crippen molar-refractivity contribution in [3.8, 4) is 0 Å². The maximum Gasteiger partial charge on any atom is 0.408 e. The van der Waals surface area contributed by atoms with E-state index in [0.29, 0.717) is 12.8 Å². The molecule has 0 aliphatic rings. The van der Waals surface area contributed by atoms with E-state index in [4.69, 9.17) is 15.2 Å². The van der Waals surface area contributed by atoms with Gasteiger partial charge in [-0.05, 0) is 44.6 Å². The van der Waals surface area contributed by atoms with Crippen LogP contribution in [0.2, 0.25) is 0 Å². The van der Waals surface area contributed by atoms with Crippen molar-refractivity contribution in [1.29, 1.82) is 0 Å². The molecule has 11 nitrogen and oxygen atoms in total. The summed E-state index contributed by atoms with van der Waals surface area (Å²) in [5.41, 5.74) is 5.50. The maximum absolute atomic E-state index is 13.4. The fourth-order valence-corrected chi connectivity index (χ4v) is 3.72. The van der Waals surface area contributed by atoms with Gasteiger partial charge in [0.05, 0.1) is 0 Å². The van der Waals surface area contributed by atoms with Crippen molar-refractivity contribution >= 4 is 29.8 Å². The first-order valence-electron chi connectivity index (χ1n) is 13.8. The van der Waals surface area contributed by atoms with Gasteiger partial charge < -0.3 is 31.2 Å². The van der Waals surface area contributed by atoms with Crippen LogP contribution in [-0.2, 0) is 35.3 Å². The van der Waals surface area contributed by atoms with Crippen LogP contribution in [0.3, 0.4) is 0 Å². The predicted octanol–water partition coefficient (Wildman–Crippen LogP) is 2.95. The summed E-state index contributed by atoms with van der Waals surface area (Å²) in [6.07, 6.45) is 0.0405. The van der Waals surface area contributed by atoms with E-state index in [2.05, 4.69) is 16.0 Å². The highest BCUT2D eigenvalue weighted by Gasteiger charge is 2.33. The van der Waals surface area contributed by atoms with Gasteiger partial charge in [-0.1, -0.05) is 70.9 Å². The average Bonchev–Trinajstić information content (AvgIpc) is 2.89. The number of rotatable bonds is 15. The van der Waals surface area contributed by atoms with Crippen molar-refractivity contribution in [1.82, 2.24) is 16.0 Å². The summed E-state index contributed by atoms with van der Waals surface area (Å²) in [4.78, 5) is 63.5. The molecule has 224 valence electrons. The molecule has 0 radical (unpaired) electrons. The lowest BCUT2D eigenvalue weighted by Crippen LogP contribution is -2.59. The minimum atomic E-state index is -1.19. The van der Waals surface area contributed by atoms with Crippen LogP contribution < -0.4 is 21.7 Å². The Morgan fingerprint density at radius 2 is 1.40 bits per heavy atom. The minimum Gasteiger partial charge on any atom is -0.461 e. The molecule has 1 rings (SSSR count). The number of amides is 4. The average molecular weight is 563 g/mol. The number of benzene rings is 1. The smallest absolute Gasteiger partial charge is 0.408 e. The zero-order valence-electron chi connectivity index (χ0n) is 24.7. The second-order valence-corrected chi connectivity index (χ2v) is 11.0. The van der Waals surface area contributed by atoms with Gasteiger partial charge in [-0.2, -0.15) is 0 Å². The second-order valence-electron chi connectivity index (χ2n) is 11.0. The van der Waals surface area contributed by atoms with Crippen molar-refractivity contribution in [3.63, 3.8) is 0 Å². The van der Waals surface area contributed by atoms with Gasteiger partial charge in [0.1, 0.15) is 30.3 Å². The number of ether oxygens (including phenoxy) is 2. The highest BCUT2D eigenvalue weighted by atomic mass is 16.6. The molecule has 0 heterocycles. The fraction of sp³-hybridized carbons (Fsp3) is 0.621. The molecular formula is C29H46N4O7. The van der Waals surface area contributed by atoms with E-state index in [1.165, 1.54) is 0 Å². The normalized spacial score (nSPS) is 15.0. The van der Waals surface area contributed by atoms with E-state index in [9.17, 15) is 24.0 Å². The summed E-state index contributed by atoms with van der Waals surface area (Å²) in [6.45, 7) is 12.4. The molecule has 1 aromatic rings. The Hall–Kier alpha value is -3.63. The van der Waals surface area contributed by atoms with Crippen molar-refractivity contribution in [2.75, 3.05) is 0 Å². The third-order valence-electron chi connectivity index (χ3n) is 6.50. The number of nitrogens with one attached hydrogen (secondary N) is 3. The standard InChI is InChI=1S/C29H46N4O7/c1-8-18(3)23(25(30)35)32-27(37)24(19(4)9-2)33-26(36)21(31-28(38)40-29(5,6)7)15-16-22(34)39-17-20-13-11-10-12-14-20/h10-14,18-19,21,23-24H,8-9,15-17H2,1-7H3,(H2,30,35)(H,31,38)(H,32,37)(H,33,36)/t18-,19+,21-,23-,24+/m0/s1. The zero-order valence-corrected chi connectivity index (χ0v) is 24.7. The molecular weight excluding hydrogens is 516 g/mol. The first-order valence-corrected chi connectivity index (χ1v) is 13.8. The third-order valence-corrected chi connectivity index (χ3v) is 6.50. The van der Waals surface area contributed by atoms with Crippen molar-refractivity contribution in [3.05, 3.63) is 35.9 Å². The number of hydrogen-bond acceptors (Lipinski definition) is 7. The van der Waals surface area contributed by atoms with E-state index < -0.39 is 53.5 Å². The lowest BCUT2D eigenvalue weighted by molar-refractivity contribution is -0.145. The minimum absolute atomic E-state index is 0.0729. The van der Waals surface area contributed by atoms with E-state index in [1.807, 2.05) is 44.2 Å². The summed E-state index contributed by atoms with van der Waals surface area (Å²) >= 11 is 0. The van der Waals surface area contributed by atoms with Gasteiger partial charge in [0.25, 0.3) is 0 Å². The predicted molar refractivity (Wildman–Crippen MR) is 151 cm³/mol. The van der Waals surface area contributed by atoms with Gasteiger partial charge in [0, 0.05) is 6.42 Å². The first kappa shape index (κ1) is 34.4. The number of carbonyl (C=O) groups excluding carboxylic acids is 5. The summed E-state index contributed by atoms with van der Waals surface area (Å²) in [5.74, 6) is -2.99. The largest absolute Gasteiger partial charge is 0.461 e. The summed E-state index contributed by atoms with van der Waals surface area (Å²) < 4.78 is 10.6. The van der Waals surface area contributed by atoms with Crippen LogP contribution in [0.15, 0.2) is 30.3 Å². The highest BCUT2D eigenvalue weighted by molar-refractivity contribution is 5.94. The van der Waals surface area contributed by atoms with Gasteiger partial charge in [-0.25, -0.2) is 4.79 Å². The summed E-state index contributed by atoms with van der Waals surface area (Å²) in [6, 6.07) is 6.02. The van der Waals surface area contributed by atoms with Crippen molar-refractivity contribution < 1.29 is 33.4 Å². The molecule has 0 bridgehead atoms. The van der Waals surface area contributed by atoms with E-state index in [-0.39, 0.29) is 31.3 Å². The Morgan fingerprint density at radius 3 is 1.93 bits per heavy atom. The van der Waals surface area contributed by atoms with Crippen LogP contribution in [0, 0.1) is 11.8 Å². The van der Waals surface area contributed by atoms with Crippen LogP contribution >= 0.6 is 0 Å². The Labute approximate surface area is 237 Å². The first-order chi connectivity index (χ1) is 18.7. The molecule has 5 atom stereocenters. The van der Waals surface area contributed by atoms with Crippen LogP contribution in [0.1, 0.15) is 79.7 Å². The number of esters is 1. The molecule has 0 aliphatic carbocycles. The highest BCUT2D eigenvalue weighted by Crippen LogP contribution is 2.14. The van der Waals surface area contributed by atoms with E-state index >= 15 is 0 Å². The number of carbonyl (C=O) groups is 5. The summed E-state index contributed by atoms with van der Waals surface area (Å²) in [5, 5.41) is 7.86. The number of hydrogen-bond donors (Lipinski definition) is 4. The molecule has 0 aromatic heterocycles. The van der Waals surface area contributed by atoms with Crippen LogP contribution in [0.25, 0.3) is 0 Å². The van der Waals surface area contributed by atoms with Crippen LogP contribution in [-0.4, -0.2) is 53.5 Å². The lowest BCUT2D eigenvalue weighted by atomic mass is 9.94. The number of primary amides is 1. The van der Waals surface area contributed by atoms with Gasteiger partial charge >= 0.3 is 12.1 Å². The molecule has 0 aliphatic heterocycles. The quantitative estimate of drug-likeness (QED) is 0.239. The van der Waals surface area contributed by atoms with Gasteiger partial charge in [-0.3, -0.25) is 19.2 Å². The van der Waals surface area contributed by atoms with Crippen LogP contribution in [0.5, 0.6) is 0 Å². The number of alkyl carbamates (subject to hydrolysis) is 1. The Kier molecular flexibility index (Phi) is 14.2. The molecule has 1 aromatic carbocycles. The third kappa shape index (κ3) is 12.5. The monoisotopic (exact) mass is 562 g/mol. The second kappa shape index (κ2) is 16.5. The summed E-state index contributed by atoms with van der Waals surface area (Å²) in [7, 11) is 0. The van der Waals surface area contributed by atoms with Crippen molar-refractivity contribution in [2.24, 2.45) is 17.6 Å². The molecule has 0 saturated heterocycles. The molecule has 5 N–H and O–H groups in total. The molecule has 0 fully saturated rings.